The van der Waals surface area contributed by atoms with Gasteiger partial charge in [-0.25, -0.2) is 0 Å². The highest BCUT2D eigenvalue weighted by atomic mass is 16.2. The molecule has 3 amide bonds. The number of carbonyl (C=O) groups is 4. The van der Waals surface area contributed by atoms with E-state index in [-0.39, 0.29) is 38.4 Å². The fourth-order valence-corrected chi connectivity index (χ4v) is 3.60. The minimum absolute atomic E-state index is 0. The fraction of sp³-hybridized carbons (Fsp3) is 0.125. The van der Waals surface area contributed by atoms with Gasteiger partial charge in [0.1, 0.15) is 0 Å². The van der Waals surface area contributed by atoms with E-state index in [4.69, 9.17) is 0 Å². The molecular formula is C32H34N4O4. The predicted octanol–water partition coefficient (Wildman–Crippen LogP) is 6.96. The van der Waals surface area contributed by atoms with E-state index in [1.54, 1.807) is 84.9 Å². The second kappa shape index (κ2) is 14.1. The van der Waals surface area contributed by atoms with E-state index in [1.807, 2.05) is 19.2 Å². The summed E-state index contributed by atoms with van der Waals surface area (Å²) in [4.78, 5) is 49.0. The average Bonchev–Trinajstić information content (AvgIpc) is 2.94. The zero-order valence-electron chi connectivity index (χ0n) is 20.9. The number of hydrogen-bond acceptors (Lipinski definition) is 5. The number of Topliss-reactive ketones (excluding diaryl/α,β-unsaturated/α-hetero) is 1. The Morgan fingerprint density at radius 2 is 0.675 bits per heavy atom. The topological polar surface area (TPSA) is 116 Å². The largest absolute Gasteiger partial charge is 0.388 e. The lowest BCUT2D eigenvalue weighted by molar-refractivity contribution is 0.100. The quantitative estimate of drug-likeness (QED) is 0.181. The fourth-order valence-electron chi connectivity index (χ4n) is 3.60. The standard InChI is InChI=1S/C30H26N4O4.2CH4/c1-19(35)20-3-5-21(6-4-20)28(36)33-26-15-17-27(18-16-26)34-30(38)23-9-7-22(8-10-23)29(37)32-25-13-11-24(31-2)12-14-25;;/h3-18,31H,1-2H3,(H,32,37)(H,33,36)(H,34,38);2*1H4. The van der Waals surface area contributed by atoms with Crippen molar-refractivity contribution in [3.63, 3.8) is 0 Å². The van der Waals surface area contributed by atoms with Crippen LogP contribution in [0.3, 0.4) is 0 Å². The minimum atomic E-state index is -0.332. The molecule has 0 radical (unpaired) electrons. The van der Waals surface area contributed by atoms with Gasteiger partial charge in [0.2, 0.25) is 0 Å². The number of rotatable bonds is 8. The molecule has 40 heavy (non-hydrogen) atoms. The van der Waals surface area contributed by atoms with Gasteiger partial charge >= 0.3 is 0 Å². The van der Waals surface area contributed by atoms with Gasteiger partial charge < -0.3 is 21.3 Å². The van der Waals surface area contributed by atoms with Crippen molar-refractivity contribution in [1.29, 1.82) is 0 Å². The lowest BCUT2D eigenvalue weighted by Gasteiger charge is -2.09. The summed E-state index contributed by atoms with van der Waals surface area (Å²) in [6.45, 7) is 1.47. The van der Waals surface area contributed by atoms with Crippen molar-refractivity contribution in [1.82, 2.24) is 0 Å². The summed E-state index contributed by atoms with van der Waals surface area (Å²) < 4.78 is 0. The Hall–Kier alpha value is -5.24. The Morgan fingerprint density at radius 1 is 0.425 bits per heavy atom. The van der Waals surface area contributed by atoms with E-state index in [0.717, 1.165) is 5.69 Å². The molecule has 0 unspecified atom stereocenters. The zero-order chi connectivity index (χ0) is 27.1. The van der Waals surface area contributed by atoms with Crippen molar-refractivity contribution in [2.24, 2.45) is 0 Å². The Kier molecular flexibility index (Phi) is 10.9. The highest BCUT2D eigenvalue weighted by Crippen LogP contribution is 2.18. The maximum atomic E-state index is 12.7. The van der Waals surface area contributed by atoms with Gasteiger partial charge in [-0.3, -0.25) is 19.2 Å². The van der Waals surface area contributed by atoms with Crippen LogP contribution in [0.2, 0.25) is 0 Å². The molecule has 0 saturated heterocycles. The van der Waals surface area contributed by atoms with Crippen LogP contribution in [0.5, 0.6) is 0 Å². The molecule has 0 atom stereocenters. The van der Waals surface area contributed by atoms with Gasteiger partial charge in [0, 0.05) is 52.1 Å². The van der Waals surface area contributed by atoms with Gasteiger partial charge in [-0.2, -0.15) is 0 Å². The van der Waals surface area contributed by atoms with Gasteiger partial charge in [-0.1, -0.05) is 27.0 Å². The maximum Gasteiger partial charge on any atom is 0.255 e. The molecule has 0 heterocycles. The number of hydrogen-bond donors (Lipinski definition) is 4. The summed E-state index contributed by atoms with van der Waals surface area (Å²) in [5.74, 6) is -0.984. The Labute approximate surface area is 234 Å². The van der Waals surface area contributed by atoms with Crippen LogP contribution >= 0.6 is 0 Å². The van der Waals surface area contributed by atoms with E-state index in [2.05, 4.69) is 21.3 Å². The molecule has 4 rings (SSSR count). The lowest BCUT2D eigenvalue weighted by atomic mass is 10.1. The van der Waals surface area contributed by atoms with E-state index in [1.165, 1.54) is 6.92 Å². The van der Waals surface area contributed by atoms with Gasteiger partial charge in [-0.15, -0.1) is 0 Å². The predicted molar refractivity (Wildman–Crippen MR) is 163 cm³/mol. The Bertz CT molecular complexity index is 1460. The number of anilines is 4. The number of amides is 3. The summed E-state index contributed by atoms with van der Waals surface area (Å²) in [5.41, 5.74) is 4.49. The molecule has 8 nitrogen and oxygen atoms in total. The number of carbonyl (C=O) groups excluding carboxylic acids is 4. The SMILES string of the molecule is C.C.CNc1ccc(NC(=O)c2ccc(C(=O)Nc3ccc(NC(=O)c4ccc(C(C)=O)cc4)cc3)cc2)cc1. The van der Waals surface area contributed by atoms with Crippen molar-refractivity contribution in [3.8, 4) is 0 Å². The first-order valence-corrected chi connectivity index (χ1v) is 11.9. The minimum Gasteiger partial charge on any atom is -0.388 e. The van der Waals surface area contributed by atoms with Crippen LogP contribution in [0.15, 0.2) is 97.1 Å². The summed E-state index contributed by atoms with van der Waals surface area (Å²) in [6.07, 6.45) is 0. The first-order valence-electron chi connectivity index (χ1n) is 11.9. The van der Waals surface area contributed by atoms with Crippen LogP contribution in [0.25, 0.3) is 0 Å². The van der Waals surface area contributed by atoms with Crippen LogP contribution in [0.1, 0.15) is 63.2 Å². The molecule has 0 aromatic heterocycles. The van der Waals surface area contributed by atoms with Gasteiger partial charge in [-0.05, 0) is 91.9 Å². The third-order valence-electron chi connectivity index (χ3n) is 5.79. The van der Waals surface area contributed by atoms with Gasteiger partial charge in [0.05, 0.1) is 0 Å². The Morgan fingerprint density at radius 3 is 0.925 bits per heavy atom. The molecule has 0 aliphatic rings. The maximum absolute atomic E-state index is 12.7. The highest BCUT2D eigenvalue weighted by molar-refractivity contribution is 6.08. The third kappa shape index (κ3) is 7.88. The van der Waals surface area contributed by atoms with Crippen molar-refractivity contribution < 1.29 is 19.2 Å². The molecule has 4 aromatic rings. The zero-order valence-corrected chi connectivity index (χ0v) is 20.9. The number of benzene rings is 4. The van der Waals surface area contributed by atoms with Gasteiger partial charge in [0.15, 0.2) is 5.78 Å². The smallest absolute Gasteiger partial charge is 0.255 e. The average molecular weight is 539 g/mol. The first-order chi connectivity index (χ1) is 18.3. The van der Waals surface area contributed by atoms with Crippen LogP contribution in [-0.4, -0.2) is 30.6 Å². The van der Waals surface area contributed by atoms with E-state index in [0.29, 0.717) is 39.3 Å². The molecule has 4 N–H and O–H groups in total. The molecule has 0 aliphatic heterocycles. The monoisotopic (exact) mass is 538 g/mol. The lowest BCUT2D eigenvalue weighted by Crippen LogP contribution is -2.14. The van der Waals surface area contributed by atoms with Gasteiger partial charge in [0.25, 0.3) is 17.7 Å². The molecule has 0 spiro atoms. The number of nitrogens with one attached hydrogen (secondary N) is 4. The van der Waals surface area contributed by atoms with Crippen LogP contribution in [0, 0.1) is 0 Å². The van der Waals surface area contributed by atoms with Crippen molar-refractivity contribution >= 4 is 46.3 Å². The molecule has 0 fully saturated rings. The summed E-state index contributed by atoms with van der Waals surface area (Å²) in [5, 5.41) is 11.4. The molecule has 0 saturated carbocycles. The van der Waals surface area contributed by atoms with Crippen molar-refractivity contribution in [3.05, 3.63) is 119 Å². The van der Waals surface area contributed by atoms with Crippen LogP contribution in [-0.2, 0) is 0 Å². The van der Waals surface area contributed by atoms with Crippen LogP contribution in [0.4, 0.5) is 22.7 Å². The molecule has 4 aromatic carbocycles. The summed E-state index contributed by atoms with van der Waals surface area (Å²) in [7, 11) is 1.82. The van der Waals surface area contributed by atoms with Crippen LogP contribution < -0.4 is 21.3 Å². The van der Waals surface area contributed by atoms with E-state index < -0.39 is 0 Å². The highest BCUT2D eigenvalue weighted by Gasteiger charge is 2.11. The normalized spacial score (nSPS) is 9.75. The van der Waals surface area contributed by atoms with Crippen molar-refractivity contribution in [2.45, 2.75) is 21.8 Å². The number of ketones is 1. The van der Waals surface area contributed by atoms with Crippen molar-refractivity contribution in [2.75, 3.05) is 28.3 Å². The second-order valence-corrected chi connectivity index (χ2v) is 8.48. The molecule has 0 aliphatic carbocycles. The molecule has 0 bridgehead atoms. The first kappa shape index (κ1) is 31.0. The molecular weight excluding hydrogens is 504 g/mol. The second-order valence-electron chi connectivity index (χ2n) is 8.48. The van der Waals surface area contributed by atoms with E-state index in [9.17, 15) is 19.2 Å². The summed E-state index contributed by atoms with van der Waals surface area (Å²) >= 11 is 0. The molecule has 8 heteroatoms. The third-order valence-corrected chi connectivity index (χ3v) is 5.79. The molecule has 206 valence electrons. The summed E-state index contributed by atoms with van der Waals surface area (Å²) in [6, 6.07) is 26.8. The van der Waals surface area contributed by atoms with E-state index >= 15 is 0 Å². The Balaban J connectivity index is 0.00000280.